The average Bonchev–Trinajstić information content (AvgIpc) is 2.68. The number of piperazine rings is 1. The number of aromatic nitrogens is 4. The van der Waals surface area contributed by atoms with Crippen molar-refractivity contribution >= 4 is 22.7 Å². The molecule has 1 aliphatic heterocycles. The van der Waals surface area contributed by atoms with E-state index in [1.54, 1.807) is 12.4 Å². The first kappa shape index (κ1) is 16.7. The molecule has 1 fully saturated rings. The molecule has 2 aromatic heterocycles. The van der Waals surface area contributed by atoms with Crippen molar-refractivity contribution in [3.8, 4) is 0 Å². The molecule has 7 nitrogen and oxygen atoms in total. The van der Waals surface area contributed by atoms with Crippen LogP contribution in [-0.4, -0.2) is 65.1 Å². The van der Waals surface area contributed by atoms with E-state index < -0.39 is 0 Å². The molecule has 0 amide bonds. The zero-order chi connectivity index (χ0) is 17.9. The lowest BCUT2D eigenvalue weighted by Crippen LogP contribution is -2.46. The van der Waals surface area contributed by atoms with Gasteiger partial charge in [0.15, 0.2) is 0 Å². The zero-order valence-electron chi connectivity index (χ0n) is 15.2. The Morgan fingerprint density at radius 3 is 2.38 bits per heavy atom. The van der Waals surface area contributed by atoms with Gasteiger partial charge in [-0.3, -0.25) is 4.90 Å². The third-order valence-corrected chi connectivity index (χ3v) is 4.63. The van der Waals surface area contributed by atoms with Gasteiger partial charge in [-0.25, -0.2) is 19.9 Å². The molecule has 0 unspecified atom stereocenters. The lowest BCUT2D eigenvalue weighted by molar-refractivity contribution is 0.243. The van der Waals surface area contributed by atoms with Crippen LogP contribution in [0.3, 0.4) is 0 Å². The van der Waals surface area contributed by atoms with Crippen molar-refractivity contribution in [3.05, 3.63) is 48.5 Å². The Morgan fingerprint density at radius 2 is 1.65 bits per heavy atom. The SMILES string of the molecule is CN(C)c1nc(CN2CCN(c3ncccn3)CC2)nc2ccccc12. The van der Waals surface area contributed by atoms with Gasteiger partial charge in [-0.2, -0.15) is 0 Å². The molecule has 0 bridgehead atoms. The molecule has 1 saturated heterocycles. The van der Waals surface area contributed by atoms with Gasteiger partial charge < -0.3 is 9.80 Å². The van der Waals surface area contributed by atoms with E-state index in [-0.39, 0.29) is 0 Å². The summed E-state index contributed by atoms with van der Waals surface area (Å²) in [5.41, 5.74) is 0.998. The van der Waals surface area contributed by atoms with Gasteiger partial charge in [0, 0.05) is 58.1 Å². The molecule has 134 valence electrons. The second kappa shape index (κ2) is 7.21. The standard InChI is InChI=1S/C19H23N7/c1-24(2)18-15-6-3-4-7-16(15)22-17(23-18)14-25-10-12-26(13-11-25)19-20-8-5-9-21-19/h3-9H,10-14H2,1-2H3. The van der Waals surface area contributed by atoms with Crippen molar-refractivity contribution in [1.29, 1.82) is 0 Å². The van der Waals surface area contributed by atoms with E-state index in [9.17, 15) is 0 Å². The molecule has 1 aromatic carbocycles. The van der Waals surface area contributed by atoms with Gasteiger partial charge in [0.25, 0.3) is 0 Å². The number of para-hydroxylation sites is 1. The van der Waals surface area contributed by atoms with Gasteiger partial charge >= 0.3 is 0 Å². The monoisotopic (exact) mass is 349 g/mol. The molecular formula is C19H23N7. The maximum atomic E-state index is 4.81. The van der Waals surface area contributed by atoms with Crippen LogP contribution >= 0.6 is 0 Å². The van der Waals surface area contributed by atoms with E-state index in [4.69, 9.17) is 9.97 Å². The molecule has 7 heteroatoms. The van der Waals surface area contributed by atoms with Gasteiger partial charge in [0.1, 0.15) is 11.6 Å². The summed E-state index contributed by atoms with van der Waals surface area (Å²) in [5.74, 6) is 2.66. The molecule has 3 aromatic rings. The summed E-state index contributed by atoms with van der Waals surface area (Å²) < 4.78 is 0. The molecular weight excluding hydrogens is 326 g/mol. The first-order valence-electron chi connectivity index (χ1n) is 8.88. The van der Waals surface area contributed by atoms with E-state index in [1.165, 1.54) is 0 Å². The predicted octanol–water partition coefficient (Wildman–Crippen LogP) is 1.81. The summed E-state index contributed by atoms with van der Waals surface area (Å²) >= 11 is 0. The summed E-state index contributed by atoms with van der Waals surface area (Å²) in [6, 6.07) is 10.0. The van der Waals surface area contributed by atoms with Crippen molar-refractivity contribution in [2.45, 2.75) is 6.54 Å². The minimum atomic E-state index is 0.759. The fourth-order valence-electron chi connectivity index (χ4n) is 3.28. The molecule has 0 spiro atoms. The van der Waals surface area contributed by atoms with Crippen LogP contribution in [0.2, 0.25) is 0 Å². The van der Waals surface area contributed by atoms with E-state index in [0.717, 1.165) is 61.2 Å². The van der Waals surface area contributed by atoms with Crippen LogP contribution < -0.4 is 9.80 Å². The summed E-state index contributed by atoms with van der Waals surface area (Å²) in [6.45, 7) is 4.49. The molecule has 1 aliphatic rings. The number of fused-ring (bicyclic) bond motifs is 1. The Kier molecular flexibility index (Phi) is 4.62. The molecule has 0 atom stereocenters. The first-order valence-corrected chi connectivity index (χ1v) is 8.88. The number of benzene rings is 1. The normalized spacial score (nSPS) is 15.4. The Morgan fingerprint density at radius 1 is 0.923 bits per heavy atom. The van der Waals surface area contributed by atoms with Gasteiger partial charge in [-0.15, -0.1) is 0 Å². The second-order valence-electron chi connectivity index (χ2n) is 6.69. The molecule has 0 radical (unpaired) electrons. The van der Waals surface area contributed by atoms with Crippen molar-refractivity contribution < 1.29 is 0 Å². The minimum absolute atomic E-state index is 0.759. The van der Waals surface area contributed by atoms with Gasteiger partial charge in [0.05, 0.1) is 12.1 Å². The molecule has 0 aliphatic carbocycles. The van der Waals surface area contributed by atoms with Crippen LogP contribution in [0.15, 0.2) is 42.7 Å². The average molecular weight is 349 g/mol. The lowest BCUT2D eigenvalue weighted by atomic mass is 10.2. The highest BCUT2D eigenvalue weighted by Crippen LogP contribution is 2.22. The molecule has 3 heterocycles. The number of anilines is 2. The van der Waals surface area contributed by atoms with Crippen molar-refractivity contribution in [3.63, 3.8) is 0 Å². The second-order valence-corrected chi connectivity index (χ2v) is 6.69. The number of nitrogens with zero attached hydrogens (tertiary/aromatic N) is 7. The molecule has 4 rings (SSSR count). The number of rotatable bonds is 4. The van der Waals surface area contributed by atoms with Crippen LogP contribution in [-0.2, 0) is 6.54 Å². The van der Waals surface area contributed by atoms with Crippen molar-refractivity contribution in [2.75, 3.05) is 50.1 Å². The largest absolute Gasteiger partial charge is 0.362 e. The van der Waals surface area contributed by atoms with E-state index in [1.807, 2.05) is 32.3 Å². The van der Waals surface area contributed by atoms with Crippen LogP contribution in [0.1, 0.15) is 5.82 Å². The van der Waals surface area contributed by atoms with E-state index in [2.05, 4.69) is 36.8 Å². The van der Waals surface area contributed by atoms with E-state index in [0.29, 0.717) is 0 Å². The topological polar surface area (TPSA) is 61.3 Å². The minimum Gasteiger partial charge on any atom is -0.362 e. The maximum Gasteiger partial charge on any atom is 0.225 e. The predicted molar refractivity (Wildman–Crippen MR) is 103 cm³/mol. The summed E-state index contributed by atoms with van der Waals surface area (Å²) in [5, 5.41) is 1.09. The van der Waals surface area contributed by atoms with Crippen LogP contribution in [0.25, 0.3) is 10.9 Å². The quantitative estimate of drug-likeness (QED) is 0.712. The summed E-state index contributed by atoms with van der Waals surface area (Å²) in [6.07, 6.45) is 3.58. The Hall–Kier alpha value is -2.80. The number of hydrogen-bond donors (Lipinski definition) is 0. The molecule has 26 heavy (non-hydrogen) atoms. The third-order valence-electron chi connectivity index (χ3n) is 4.63. The van der Waals surface area contributed by atoms with Gasteiger partial charge in [0.2, 0.25) is 5.95 Å². The third kappa shape index (κ3) is 3.43. The fourth-order valence-corrected chi connectivity index (χ4v) is 3.28. The Balaban J connectivity index is 1.48. The highest BCUT2D eigenvalue weighted by molar-refractivity contribution is 5.89. The van der Waals surface area contributed by atoms with Crippen LogP contribution in [0, 0.1) is 0 Å². The lowest BCUT2D eigenvalue weighted by Gasteiger charge is -2.34. The van der Waals surface area contributed by atoms with Gasteiger partial charge in [-0.1, -0.05) is 12.1 Å². The summed E-state index contributed by atoms with van der Waals surface area (Å²) in [7, 11) is 4.05. The molecule has 0 saturated carbocycles. The van der Waals surface area contributed by atoms with Crippen molar-refractivity contribution in [2.24, 2.45) is 0 Å². The number of hydrogen-bond acceptors (Lipinski definition) is 7. The smallest absolute Gasteiger partial charge is 0.225 e. The van der Waals surface area contributed by atoms with E-state index >= 15 is 0 Å². The van der Waals surface area contributed by atoms with Crippen LogP contribution in [0.4, 0.5) is 11.8 Å². The maximum absolute atomic E-state index is 4.81. The van der Waals surface area contributed by atoms with Crippen molar-refractivity contribution in [1.82, 2.24) is 24.8 Å². The summed E-state index contributed by atoms with van der Waals surface area (Å²) in [4.78, 5) is 24.9. The first-order chi connectivity index (χ1) is 12.7. The highest BCUT2D eigenvalue weighted by atomic mass is 15.3. The highest BCUT2D eigenvalue weighted by Gasteiger charge is 2.20. The zero-order valence-corrected chi connectivity index (χ0v) is 15.2. The van der Waals surface area contributed by atoms with Crippen LogP contribution in [0.5, 0.6) is 0 Å². The Labute approximate surface area is 153 Å². The fraction of sp³-hybridized carbons (Fsp3) is 0.368. The molecule has 0 N–H and O–H groups in total. The Bertz CT molecular complexity index is 873. The van der Waals surface area contributed by atoms with Gasteiger partial charge in [-0.05, 0) is 18.2 Å².